The number of rotatable bonds is 1. The molecule has 2 aromatic carbocycles. The summed E-state index contributed by atoms with van der Waals surface area (Å²) in [5.41, 5.74) is 1.56. The van der Waals surface area contributed by atoms with Crippen LogP contribution in [0.2, 0.25) is 0 Å². The molecule has 2 aliphatic rings. The highest BCUT2D eigenvalue weighted by atomic mass is 16.6. The molecule has 6 nitrogen and oxygen atoms in total. The molecule has 0 unspecified atom stereocenters. The molecule has 0 aliphatic carbocycles. The van der Waals surface area contributed by atoms with Gasteiger partial charge in [-0.2, -0.15) is 0 Å². The first-order valence-corrected chi connectivity index (χ1v) is 9.57. The fraction of sp³-hybridized carbons (Fsp3) is 0.261. The molecular weight excluding hydrogens is 368 g/mol. The third kappa shape index (κ3) is 2.92. The lowest BCUT2D eigenvalue weighted by molar-refractivity contribution is 0.0590. The van der Waals surface area contributed by atoms with Crippen LogP contribution in [0.5, 0.6) is 0 Å². The van der Waals surface area contributed by atoms with Gasteiger partial charge in [-0.15, -0.1) is 0 Å². The number of ether oxygens (including phenoxy) is 1. The van der Waals surface area contributed by atoms with Gasteiger partial charge in [-0.25, -0.2) is 9.69 Å². The number of fused-ring (bicyclic) bond motifs is 2. The number of para-hydroxylation sites is 2. The molecule has 0 atom stereocenters. The first-order valence-electron chi connectivity index (χ1n) is 9.57. The maximum Gasteiger partial charge on any atom is 0.419 e. The topological polar surface area (TPSA) is 66.9 Å². The van der Waals surface area contributed by atoms with E-state index in [-0.39, 0.29) is 23.0 Å². The average molecular weight is 390 g/mol. The van der Waals surface area contributed by atoms with Crippen molar-refractivity contribution in [2.45, 2.75) is 33.3 Å². The molecule has 0 radical (unpaired) electrons. The number of hydrogen-bond donors (Lipinski definition) is 0. The number of Topliss-reactive ketones (excluding diaryl/α,β-unsaturated/α-hetero) is 2. The van der Waals surface area contributed by atoms with E-state index in [1.54, 1.807) is 62.1 Å². The lowest BCUT2D eigenvalue weighted by Crippen LogP contribution is -2.38. The zero-order chi connectivity index (χ0) is 20.9. The molecule has 0 aromatic heterocycles. The minimum atomic E-state index is -0.749. The van der Waals surface area contributed by atoms with E-state index >= 15 is 0 Å². The predicted molar refractivity (Wildman–Crippen MR) is 110 cm³/mol. The van der Waals surface area contributed by atoms with Gasteiger partial charge in [0.1, 0.15) is 17.0 Å². The molecule has 0 spiro atoms. The SMILES string of the molecule is CCN1/C(=C2\C(=O)c3ccccc3N2C(=O)OC(C)(C)C)C(=O)c2ccccc21. The number of hydrogen-bond acceptors (Lipinski definition) is 5. The van der Waals surface area contributed by atoms with Crippen LogP contribution in [0.15, 0.2) is 59.9 Å². The molecule has 2 aromatic rings. The standard InChI is InChI=1S/C23H22N2O4/c1-5-24-16-12-8-6-10-14(16)20(26)18(24)19-21(27)15-11-7-9-13-17(15)25(19)22(28)29-23(2,3)4/h6-13H,5H2,1-4H3/b19-18+. The number of allylic oxidation sites excluding steroid dienone is 2. The fourth-order valence-corrected chi connectivity index (χ4v) is 3.76. The molecule has 148 valence electrons. The van der Waals surface area contributed by atoms with Crippen molar-refractivity contribution in [3.05, 3.63) is 71.1 Å². The number of carbonyl (C=O) groups is 3. The Labute approximate surface area is 169 Å². The summed E-state index contributed by atoms with van der Waals surface area (Å²) in [5, 5.41) is 0. The average Bonchev–Trinajstić information content (AvgIpc) is 3.12. The zero-order valence-electron chi connectivity index (χ0n) is 16.9. The van der Waals surface area contributed by atoms with Crippen LogP contribution in [-0.2, 0) is 4.74 Å². The van der Waals surface area contributed by atoms with Crippen LogP contribution in [0.4, 0.5) is 16.2 Å². The third-order valence-electron chi connectivity index (χ3n) is 4.87. The Bertz CT molecular complexity index is 1080. The fourth-order valence-electron chi connectivity index (χ4n) is 3.76. The molecule has 4 rings (SSSR count). The summed E-state index contributed by atoms with van der Waals surface area (Å²) >= 11 is 0. The van der Waals surface area contributed by atoms with Gasteiger partial charge in [0.2, 0.25) is 11.6 Å². The van der Waals surface area contributed by atoms with E-state index in [9.17, 15) is 14.4 Å². The number of carbonyl (C=O) groups excluding carboxylic acids is 3. The summed E-state index contributed by atoms with van der Waals surface area (Å²) in [6, 6.07) is 14.0. The highest BCUT2D eigenvalue weighted by molar-refractivity contribution is 6.31. The van der Waals surface area contributed by atoms with Gasteiger partial charge in [0.05, 0.1) is 11.4 Å². The van der Waals surface area contributed by atoms with Crippen molar-refractivity contribution in [3.63, 3.8) is 0 Å². The number of benzene rings is 2. The van der Waals surface area contributed by atoms with Gasteiger partial charge in [-0.05, 0) is 52.0 Å². The summed E-state index contributed by atoms with van der Waals surface area (Å²) in [6.45, 7) is 7.66. The molecule has 0 saturated heterocycles. The van der Waals surface area contributed by atoms with Crippen LogP contribution in [0.25, 0.3) is 0 Å². The first-order chi connectivity index (χ1) is 13.7. The molecule has 29 heavy (non-hydrogen) atoms. The van der Waals surface area contributed by atoms with Crippen molar-refractivity contribution in [2.75, 3.05) is 16.3 Å². The minimum absolute atomic E-state index is 0.0449. The Hall–Kier alpha value is -3.41. The zero-order valence-corrected chi connectivity index (χ0v) is 16.9. The van der Waals surface area contributed by atoms with Crippen molar-refractivity contribution in [1.29, 1.82) is 0 Å². The third-order valence-corrected chi connectivity index (χ3v) is 4.87. The Kier molecular flexibility index (Phi) is 4.30. The largest absolute Gasteiger partial charge is 0.443 e. The highest BCUT2D eigenvalue weighted by Crippen LogP contribution is 2.42. The summed E-state index contributed by atoms with van der Waals surface area (Å²) < 4.78 is 5.57. The molecule has 0 fully saturated rings. The number of ketones is 2. The van der Waals surface area contributed by atoms with Crippen LogP contribution < -0.4 is 9.80 Å². The lowest BCUT2D eigenvalue weighted by Gasteiger charge is -2.27. The molecule has 1 amide bonds. The van der Waals surface area contributed by atoms with E-state index in [2.05, 4.69) is 0 Å². The van der Waals surface area contributed by atoms with E-state index < -0.39 is 11.7 Å². The van der Waals surface area contributed by atoms with Crippen LogP contribution in [0.3, 0.4) is 0 Å². The summed E-state index contributed by atoms with van der Waals surface area (Å²) in [7, 11) is 0. The monoisotopic (exact) mass is 390 g/mol. The minimum Gasteiger partial charge on any atom is -0.443 e. The Morgan fingerprint density at radius 1 is 0.862 bits per heavy atom. The number of amides is 1. The Morgan fingerprint density at radius 2 is 1.38 bits per heavy atom. The van der Waals surface area contributed by atoms with Gasteiger partial charge in [0.25, 0.3) is 0 Å². The molecule has 0 saturated carbocycles. The highest BCUT2D eigenvalue weighted by Gasteiger charge is 2.45. The van der Waals surface area contributed by atoms with E-state index in [4.69, 9.17) is 4.74 Å². The van der Waals surface area contributed by atoms with Crippen molar-refractivity contribution in [3.8, 4) is 0 Å². The van der Waals surface area contributed by atoms with Crippen molar-refractivity contribution >= 4 is 29.0 Å². The number of likely N-dealkylation sites (N-methyl/N-ethyl adjacent to an activating group) is 1. The summed E-state index contributed by atoms with van der Waals surface area (Å²) in [4.78, 5) is 42.7. The number of anilines is 2. The molecule has 2 heterocycles. The maximum atomic E-state index is 13.3. The second-order valence-electron chi connectivity index (χ2n) is 7.95. The molecule has 0 bridgehead atoms. The van der Waals surface area contributed by atoms with Crippen molar-refractivity contribution < 1.29 is 19.1 Å². The molecule has 6 heteroatoms. The lowest BCUT2D eigenvalue weighted by atomic mass is 10.1. The Balaban J connectivity index is 1.95. The summed E-state index contributed by atoms with van der Waals surface area (Å²) in [5.74, 6) is -0.631. The maximum absolute atomic E-state index is 13.3. The second kappa shape index (κ2) is 6.58. The van der Waals surface area contributed by atoms with Gasteiger partial charge < -0.3 is 9.64 Å². The van der Waals surface area contributed by atoms with E-state index in [1.807, 2.05) is 19.1 Å². The van der Waals surface area contributed by atoms with E-state index in [1.165, 1.54) is 4.90 Å². The van der Waals surface area contributed by atoms with Crippen LogP contribution in [-0.4, -0.2) is 29.8 Å². The van der Waals surface area contributed by atoms with Crippen molar-refractivity contribution in [1.82, 2.24) is 0 Å². The van der Waals surface area contributed by atoms with Crippen LogP contribution in [0, 0.1) is 0 Å². The Morgan fingerprint density at radius 3 is 1.97 bits per heavy atom. The predicted octanol–water partition coefficient (Wildman–Crippen LogP) is 4.56. The normalized spacial score (nSPS) is 18.2. The van der Waals surface area contributed by atoms with Crippen LogP contribution >= 0.6 is 0 Å². The summed E-state index contributed by atoms with van der Waals surface area (Å²) in [6.07, 6.45) is -0.682. The van der Waals surface area contributed by atoms with Gasteiger partial charge in [-0.3, -0.25) is 9.59 Å². The molecule has 0 N–H and O–H groups in total. The van der Waals surface area contributed by atoms with Crippen molar-refractivity contribution in [2.24, 2.45) is 0 Å². The van der Waals surface area contributed by atoms with Gasteiger partial charge >= 0.3 is 6.09 Å². The van der Waals surface area contributed by atoms with Gasteiger partial charge in [0.15, 0.2) is 0 Å². The van der Waals surface area contributed by atoms with Crippen LogP contribution in [0.1, 0.15) is 48.4 Å². The van der Waals surface area contributed by atoms with Gasteiger partial charge in [-0.1, -0.05) is 24.3 Å². The van der Waals surface area contributed by atoms with E-state index in [0.717, 1.165) is 5.69 Å². The molecular formula is C23H22N2O4. The smallest absolute Gasteiger partial charge is 0.419 e. The molecule has 2 aliphatic heterocycles. The van der Waals surface area contributed by atoms with E-state index in [0.29, 0.717) is 23.4 Å². The quantitative estimate of drug-likeness (QED) is 0.668. The second-order valence-corrected chi connectivity index (χ2v) is 7.95. The number of nitrogens with zero attached hydrogens (tertiary/aromatic N) is 2. The first kappa shape index (κ1) is 18.9. The van der Waals surface area contributed by atoms with Gasteiger partial charge in [0, 0.05) is 17.7 Å².